The van der Waals surface area contributed by atoms with Gasteiger partial charge in [0.05, 0.1) is 11.9 Å². The van der Waals surface area contributed by atoms with E-state index in [4.69, 9.17) is 4.42 Å². The molecule has 6 nitrogen and oxygen atoms in total. The number of anilines is 1. The van der Waals surface area contributed by atoms with Crippen LogP contribution in [0.2, 0.25) is 0 Å². The molecule has 1 atom stereocenters. The van der Waals surface area contributed by atoms with Crippen molar-refractivity contribution in [3.8, 4) is 11.5 Å². The lowest BCUT2D eigenvalue weighted by atomic mass is 10.1. The van der Waals surface area contributed by atoms with Gasteiger partial charge in [-0.3, -0.25) is 4.68 Å². The second kappa shape index (κ2) is 6.58. The molecule has 0 aliphatic carbocycles. The fourth-order valence-corrected chi connectivity index (χ4v) is 2.24. The third-order valence-corrected chi connectivity index (χ3v) is 3.47. The maximum Gasteiger partial charge on any atom is 0.408 e. The summed E-state index contributed by atoms with van der Waals surface area (Å²) in [6, 6.07) is 7.26. The van der Waals surface area contributed by atoms with Gasteiger partial charge in [0.25, 0.3) is 0 Å². The molecule has 0 fully saturated rings. The molecule has 3 aromatic rings. The largest absolute Gasteiger partial charge is 0.418 e. The first-order valence-electron chi connectivity index (χ1n) is 7.56. The monoisotopic (exact) mass is 351 g/mol. The van der Waals surface area contributed by atoms with Crippen molar-refractivity contribution in [3.63, 3.8) is 0 Å². The lowest BCUT2D eigenvalue weighted by Crippen LogP contribution is -2.17. The van der Waals surface area contributed by atoms with Gasteiger partial charge in [0, 0.05) is 11.8 Å². The summed E-state index contributed by atoms with van der Waals surface area (Å²) in [4.78, 5) is 0. The number of benzene rings is 1. The molecule has 2 heterocycles. The predicted molar refractivity (Wildman–Crippen MR) is 84.8 cm³/mol. The van der Waals surface area contributed by atoms with Crippen molar-refractivity contribution in [1.29, 1.82) is 0 Å². The smallest absolute Gasteiger partial charge is 0.408 e. The number of nitrogens with one attached hydrogen (secondary N) is 1. The molecule has 0 unspecified atom stereocenters. The van der Waals surface area contributed by atoms with Crippen LogP contribution in [0.15, 0.2) is 41.1 Å². The van der Waals surface area contributed by atoms with Gasteiger partial charge in [-0.15, -0.1) is 10.2 Å². The van der Waals surface area contributed by atoms with E-state index in [1.165, 1.54) is 12.4 Å². The SMILES string of the molecule is Cc1ccc(-c2nnc([C@H](C)Nc3cnn(CC(F)(F)F)c3)o2)cc1. The first-order valence-corrected chi connectivity index (χ1v) is 7.56. The highest BCUT2D eigenvalue weighted by atomic mass is 19.4. The van der Waals surface area contributed by atoms with Crippen LogP contribution in [0, 0.1) is 6.92 Å². The van der Waals surface area contributed by atoms with Crippen molar-refractivity contribution in [2.45, 2.75) is 32.6 Å². The van der Waals surface area contributed by atoms with Gasteiger partial charge in [0.2, 0.25) is 11.8 Å². The van der Waals surface area contributed by atoms with Crippen LogP contribution in [-0.4, -0.2) is 26.2 Å². The van der Waals surface area contributed by atoms with Gasteiger partial charge in [-0.1, -0.05) is 17.7 Å². The quantitative estimate of drug-likeness (QED) is 0.753. The van der Waals surface area contributed by atoms with Crippen molar-refractivity contribution >= 4 is 5.69 Å². The minimum atomic E-state index is -4.32. The predicted octanol–water partition coefficient (Wildman–Crippen LogP) is 3.98. The molecule has 0 radical (unpaired) electrons. The van der Waals surface area contributed by atoms with E-state index in [0.29, 0.717) is 17.5 Å². The van der Waals surface area contributed by atoms with Gasteiger partial charge < -0.3 is 9.73 Å². The third-order valence-electron chi connectivity index (χ3n) is 3.47. The van der Waals surface area contributed by atoms with Crippen LogP contribution < -0.4 is 5.32 Å². The zero-order valence-corrected chi connectivity index (χ0v) is 13.6. The molecule has 0 bridgehead atoms. The normalized spacial score (nSPS) is 13.0. The first-order chi connectivity index (χ1) is 11.8. The Morgan fingerprint density at radius 2 is 1.92 bits per heavy atom. The van der Waals surface area contributed by atoms with Crippen molar-refractivity contribution in [3.05, 3.63) is 48.1 Å². The number of rotatable bonds is 5. The number of aryl methyl sites for hydroxylation is 1. The fraction of sp³-hybridized carbons (Fsp3) is 0.312. The van der Waals surface area contributed by atoms with Crippen LogP contribution in [0.4, 0.5) is 18.9 Å². The van der Waals surface area contributed by atoms with Crippen LogP contribution >= 0.6 is 0 Å². The number of aromatic nitrogens is 4. The van der Waals surface area contributed by atoms with Gasteiger partial charge >= 0.3 is 6.18 Å². The molecule has 0 saturated heterocycles. The van der Waals surface area contributed by atoms with E-state index in [9.17, 15) is 13.2 Å². The zero-order chi connectivity index (χ0) is 18.0. The number of hydrogen-bond donors (Lipinski definition) is 1. The molecule has 9 heteroatoms. The van der Waals surface area contributed by atoms with Crippen LogP contribution in [0.3, 0.4) is 0 Å². The zero-order valence-electron chi connectivity index (χ0n) is 13.6. The molecule has 3 rings (SSSR count). The standard InChI is InChI=1S/C16H16F3N5O/c1-10-3-5-12(6-4-10)15-23-22-14(25-15)11(2)21-13-7-20-24(8-13)9-16(17,18)19/h3-8,11,21H,9H2,1-2H3/t11-/m0/s1. The summed E-state index contributed by atoms with van der Waals surface area (Å²) in [6.45, 7) is 2.61. The number of hydrogen-bond acceptors (Lipinski definition) is 5. The van der Waals surface area contributed by atoms with Crippen molar-refractivity contribution in [2.75, 3.05) is 5.32 Å². The average Bonchev–Trinajstić information content (AvgIpc) is 3.16. The Kier molecular flexibility index (Phi) is 4.47. The van der Waals surface area contributed by atoms with Crippen LogP contribution in [0.1, 0.15) is 24.4 Å². The lowest BCUT2D eigenvalue weighted by Gasteiger charge is -2.09. The third kappa shape index (κ3) is 4.37. The van der Waals surface area contributed by atoms with Gasteiger partial charge in [0.15, 0.2) is 0 Å². The summed E-state index contributed by atoms with van der Waals surface area (Å²) in [5.41, 5.74) is 2.36. The highest BCUT2D eigenvalue weighted by Gasteiger charge is 2.28. The van der Waals surface area contributed by atoms with E-state index < -0.39 is 12.7 Å². The molecule has 0 amide bonds. The van der Waals surface area contributed by atoms with Crippen LogP contribution in [0.25, 0.3) is 11.5 Å². The Bertz CT molecular complexity index is 838. The van der Waals surface area contributed by atoms with Crippen LogP contribution in [-0.2, 0) is 6.54 Å². The van der Waals surface area contributed by atoms with Gasteiger partial charge in [-0.05, 0) is 26.0 Å². The molecular weight excluding hydrogens is 335 g/mol. The van der Waals surface area contributed by atoms with Crippen molar-refractivity contribution in [1.82, 2.24) is 20.0 Å². The summed E-state index contributed by atoms with van der Waals surface area (Å²) < 4.78 is 43.5. The summed E-state index contributed by atoms with van der Waals surface area (Å²) in [6.07, 6.45) is -1.72. The number of nitrogens with zero attached hydrogens (tertiary/aromatic N) is 4. The molecule has 0 spiro atoms. The van der Waals surface area contributed by atoms with Gasteiger partial charge in [0.1, 0.15) is 12.6 Å². The summed E-state index contributed by atoms with van der Waals surface area (Å²) in [7, 11) is 0. The van der Waals surface area contributed by atoms with E-state index in [2.05, 4.69) is 20.6 Å². The summed E-state index contributed by atoms with van der Waals surface area (Å²) in [5, 5.41) is 14.7. The Morgan fingerprint density at radius 3 is 2.60 bits per heavy atom. The molecule has 0 aliphatic heterocycles. The minimum absolute atomic E-state index is 0.333. The second-order valence-electron chi connectivity index (χ2n) is 5.72. The summed E-state index contributed by atoms with van der Waals surface area (Å²) >= 11 is 0. The molecule has 0 saturated carbocycles. The topological polar surface area (TPSA) is 68.8 Å². The van der Waals surface area contributed by atoms with Gasteiger partial charge in [-0.2, -0.15) is 18.3 Å². The van der Waals surface area contributed by atoms with Crippen LogP contribution in [0.5, 0.6) is 0 Å². The summed E-state index contributed by atoms with van der Waals surface area (Å²) in [5.74, 6) is 0.718. The maximum absolute atomic E-state index is 12.4. The van der Waals surface area contributed by atoms with E-state index in [-0.39, 0.29) is 6.04 Å². The van der Waals surface area contributed by atoms with E-state index in [1.807, 2.05) is 31.2 Å². The molecule has 1 aromatic carbocycles. The van der Waals surface area contributed by atoms with Crippen molar-refractivity contribution < 1.29 is 17.6 Å². The molecule has 132 valence electrons. The van der Waals surface area contributed by atoms with E-state index in [0.717, 1.165) is 15.8 Å². The first kappa shape index (κ1) is 17.0. The highest BCUT2D eigenvalue weighted by Crippen LogP contribution is 2.24. The Morgan fingerprint density at radius 1 is 1.20 bits per heavy atom. The van der Waals surface area contributed by atoms with E-state index in [1.54, 1.807) is 6.92 Å². The second-order valence-corrected chi connectivity index (χ2v) is 5.72. The van der Waals surface area contributed by atoms with E-state index >= 15 is 0 Å². The molecule has 1 N–H and O–H groups in total. The molecule has 25 heavy (non-hydrogen) atoms. The molecular formula is C16H16F3N5O. The fourth-order valence-electron chi connectivity index (χ4n) is 2.24. The molecule has 2 aromatic heterocycles. The Hall–Kier alpha value is -2.84. The number of halogens is 3. The maximum atomic E-state index is 12.4. The highest BCUT2D eigenvalue weighted by molar-refractivity contribution is 5.53. The van der Waals surface area contributed by atoms with Gasteiger partial charge in [-0.25, -0.2) is 0 Å². The lowest BCUT2D eigenvalue weighted by molar-refractivity contribution is -0.142. The Balaban J connectivity index is 1.68. The Labute approximate surface area is 141 Å². The van der Waals surface area contributed by atoms with Crippen molar-refractivity contribution in [2.24, 2.45) is 0 Å². The number of alkyl halides is 3. The minimum Gasteiger partial charge on any atom is -0.418 e. The average molecular weight is 351 g/mol. The molecule has 0 aliphatic rings.